The summed E-state index contributed by atoms with van der Waals surface area (Å²) in [5.41, 5.74) is 0. The van der Waals surface area contributed by atoms with Crippen molar-refractivity contribution in [2.75, 3.05) is 24.5 Å². The van der Waals surface area contributed by atoms with E-state index in [0.717, 1.165) is 42.8 Å². The molecule has 5 heteroatoms. The smallest absolute Gasteiger partial charge is 0.219 e. The molecule has 20 heavy (non-hydrogen) atoms. The molecule has 0 radical (unpaired) electrons. The first-order chi connectivity index (χ1) is 9.69. The summed E-state index contributed by atoms with van der Waals surface area (Å²) in [6.07, 6.45) is 5.71. The van der Waals surface area contributed by atoms with Gasteiger partial charge >= 0.3 is 0 Å². The van der Waals surface area contributed by atoms with Crippen molar-refractivity contribution in [2.45, 2.75) is 32.6 Å². The molecule has 0 saturated carbocycles. The summed E-state index contributed by atoms with van der Waals surface area (Å²) in [6.45, 7) is 4.84. The third-order valence-corrected chi connectivity index (χ3v) is 4.09. The fourth-order valence-electron chi connectivity index (χ4n) is 2.57. The van der Waals surface area contributed by atoms with Crippen LogP contribution >= 0.6 is 15.9 Å². The van der Waals surface area contributed by atoms with Crippen molar-refractivity contribution in [3.8, 4) is 0 Å². The number of carbonyl (C=O) groups is 1. The molecule has 0 spiro atoms. The van der Waals surface area contributed by atoms with Gasteiger partial charge < -0.3 is 10.2 Å². The van der Waals surface area contributed by atoms with Gasteiger partial charge in [-0.1, -0.05) is 6.92 Å². The summed E-state index contributed by atoms with van der Waals surface area (Å²) in [5, 5.41) is 3.04. The highest BCUT2D eigenvalue weighted by atomic mass is 79.9. The number of rotatable bonds is 5. The zero-order chi connectivity index (χ0) is 14.4. The first-order valence-corrected chi connectivity index (χ1v) is 8.11. The lowest BCUT2D eigenvalue weighted by molar-refractivity contribution is -0.121. The lowest BCUT2D eigenvalue weighted by atomic mass is 9.98. The number of nitrogens with one attached hydrogen (secondary N) is 1. The van der Waals surface area contributed by atoms with Gasteiger partial charge in [-0.05, 0) is 53.2 Å². The van der Waals surface area contributed by atoms with Crippen molar-refractivity contribution in [2.24, 2.45) is 5.92 Å². The molecule has 2 heterocycles. The molecule has 1 aliphatic heterocycles. The molecule has 1 atom stereocenters. The summed E-state index contributed by atoms with van der Waals surface area (Å²) < 4.78 is 1.00. The number of anilines is 1. The predicted molar refractivity (Wildman–Crippen MR) is 84.8 cm³/mol. The number of aromatic nitrogens is 1. The lowest BCUT2D eigenvalue weighted by Crippen LogP contribution is -2.41. The molecule has 1 aromatic heterocycles. The standard InChI is InChI=1S/C15H22BrN3O/c1-2-4-15(20)18-9-12-5-3-8-19(11-12)14-7-6-13(16)10-17-14/h6-7,10,12H,2-5,8-9,11H2,1H3,(H,18,20). The molecule has 1 saturated heterocycles. The maximum absolute atomic E-state index is 11.5. The second kappa shape index (κ2) is 7.62. The van der Waals surface area contributed by atoms with Gasteiger partial charge in [0.05, 0.1) is 0 Å². The number of hydrogen-bond donors (Lipinski definition) is 1. The van der Waals surface area contributed by atoms with Gasteiger partial charge in [0, 0.05) is 36.7 Å². The van der Waals surface area contributed by atoms with E-state index in [-0.39, 0.29) is 5.91 Å². The van der Waals surface area contributed by atoms with Crippen LogP contribution in [0.25, 0.3) is 0 Å². The van der Waals surface area contributed by atoms with Crippen molar-refractivity contribution in [1.29, 1.82) is 0 Å². The fraction of sp³-hybridized carbons (Fsp3) is 0.600. The van der Waals surface area contributed by atoms with E-state index in [4.69, 9.17) is 0 Å². The molecule has 2 rings (SSSR count). The van der Waals surface area contributed by atoms with Gasteiger partial charge in [0.2, 0.25) is 5.91 Å². The number of hydrogen-bond acceptors (Lipinski definition) is 3. The van der Waals surface area contributed by atoms with E-state index in [1.165, 1.54) is 6.42 Å². The minimum absolute atomic E-state index is 0.173. The zero-order valence-electron chi connectivity index (χ0n) is 11.9. The Labute approximate surface area is 129 Å². The Morgan fingerprint density at radius 3 is 3.10 bits per heavy atom. The maximum atomic E-state index is 11.5. The van der Waals surface area contributed by atoms with E-state index in [1.807, 2.05) is 25.3 Å². The number of carbonyl (C=O) groups excluding carboxylic acids is 1. The number of halogens is 1. The molecule has 1 aromatic rings. The SMILES string of the molecule is CCCC(=O)NCC1CCCN(c2ccc(Br)cn2)C1. The Morgan fingerprint density at radius 1 is 1.55 bits per heavy atom. The second-order valence-electron chi connectivity index (χ2n) is 5.34. The van der Waals surface area contributed by atoms with E-state index >= 15 is 0 Å². The number of piperidine rings is 1. The Hall–Kier alpha value is -1.10. The average Bonchev–Trinajstić information content (AvgIpc) is 2.47. The van der Waals surface area contributed by atoms with Crippen LogP contribution in [-0.2, 0) is 4.79 Å². The summed E-state index contributed by atoms with van der Waals surface area (Å²) in [6, 6.07) is 4.07. The number of nitrogens with zero attached hydrogens (tertiary/aromatic N) is 2. The number of pyridine rings is 1. The quantitative estimate of drug-likeness (QED) is 0.896. The first kappa shape index (κ1) is 15.3. The van der Waals surface area contributed by atoms with Crippen LogP contribution in [0, 0.1) is 5.92 Å². The Balaban J connectivity index is 1.85. The molecule has 0 aliphatic carbocycles. The number of amides is 1. The van der Waals surface area contributed by atoms with E-state index in [2.05, 4.69) is 31.1 Å². The minimum Gasteiger partial charge on any atom is -0.356 e. The van der Waals surface area contributed by atoms with Crippen LogP contribution in [-0.4, -0.2) is 30.5 Å². The maximum Gasteiger partial charge on any atom is 0.219 e. The highest BCUT2D eigenvalue weighted by molar-refractivity contribution is 9.10. The Kier molecular flexibility index (Phi) is 5.83. The molecule has 1 fully saturated rings. The predicted octanol–water partition coefficient (Wildman–Crippen LogP) is 2.98. The van der Waals surface area contributed by atoms with Crippen molar-refractivity contribution in [1.82, 2.24) is 10.3 Å². The molecule has 0 bridgehead atoms. The summed E-state index contributed by atoms with van der Waals surface area (Å²) >= 11 is 3.41. The van der Waals surface area contributed by atoms with Crippen molar-refractivity contribution >= 4 is 27.7 Å². The van der Waals surface area contributed by atoms with Gasteiger partial charge in [-0.15, -0.1) is 0 Å². The van der Waals surface area contributed by atoms with Crippen LogP contribution in [0.1, 0.15) is 32.6 Å². The van der Waals surface area contributed by atoms with E-state index in [9.17, 15) is 4.79 Å². The molecule has 4 nitrogen and oxygen atoms in total. The van der Waals surface area contributed by atoms with Gasteiger partial charge in [-0.25, -0.2) is 4.98 Å². The van der Waals surface area contributed by atoms with Crippen LogP contribution in [0.4, 0.5) is 5.82 Å². The van der Waals surface area contributed by atoms with Crippen molar-refractivity contribution in [3.63, 3.8) is 0 Å². The third kappa shape index (κ3) is 4.47. The Bertz CT molecular complexity index is 435. The summed E-state index contributed by atoms with van der Waals surface area (Å²) in [5.74, 6) is 1.72. The fourth-order valence-corrected chi connectivity index (χ4v) is 2.80. The molecule has 1 unspecified atom stereocenters. The topological polar surface area (TPSA) is 45.2 Å². The molecule has 1 aliphatic rings. The normalized spacial score (nSPS) is 18.9. The van der Waals surface area contributed by atoms with E-state index in [0.29, 0.717) is 12.3 Å². The van der Waals surface area contributed by atoms with Crippen LogP contribution in [0.3, 0.4) is 0 Å². The average molecular weight is 340 g/mol. The summed E-state index contributed by atoms with van der Waals surface area (Å²) in [4.78, 5) is 18.3. The zero-order valence-corrected chi connectivity index (χ0v) is 13.5. The molecule has 0 aromatic carbocycles. The van der Waals surface area contributed by atoms with Crippen LogP contribution in [0.15, 0.2) is 22.8 Å². The monoisotopic (exact) mass is 339 g/mol. The highest BCUT2D eigenvalue weighted by Crippen LogP contribution is 2.22. The van der Waals surface area contributed by atoms with Gasteiger partial charge in [0.1, 0.15) is 5.82 Å². The van der Waals surface area contributed by atoms with Crippen molar-refractivity contribution < 1.29 is 4.79 Å². The highest BCUT2D eigenvalue weighted by Gasteiger charge is 2.21. The van der Waals surface area contributed by atoms with Crippen LogP contribution in [0.2, 0.25) is 0 Å². The second-order valence-corrected chi connectivity index (χ2v) is 6.26. The molecular formula is C15H22BrN3O. The molecular weight excluding hydrogens is 318 g/mol. The van der Waals surface area contributed by atoms with Crippen LogP contribution < -0.4 is 10.2 Å². The van der Waals surface area contributed by atoms with Crippen LogP contribution in [0.5, 0.6) is 0 Å². The van der Waals surface area contributed by atoms with Gasteiger partial charge in [-0.3, -0.25) is 4.79 Å². The van der Waals surface area contributed by atoms with E-state index in [1.54, 1.807) is 0 Å². The van der Waals surface area contributed by atoms with Gasteiger partial charge in [0.25, 0.3) is 0 Å². The largest absolute Gasteiger partial charge is 0.356 e. The van der Waals surface area contributed by atoms with Crippen molar-refractivity contribution in [3.05, 3.63) is 22.8 Å². The molecule has 1 N–H and O–H groups in total. The van der Waals surface area contributed by atoms with Gasteiger partial charge in [0.15, 0.2) is 0 Å². The van der Waals surface area contributed by atoms with E-state index < -0.39 is 0 Å². The Morgan fingerprint density at radius 2 is 2.40 bits per heavy atom. The third-order valence-electron chi connectivity index (χ3n) is 3.62. The molecule has 110 valence electrons. The minimum atomic E-state index is 0.173. The lowest BCUT2D eigenvalue weighted by Gasteiger charge is -2.33. The first-order valence-electron chi connectivity index (χ1n) is 7.32. The van der Waals surface area contributed by atoms with Gasteiger partial charge in [-0.2, -0.15) is 0 Å². The molecule has 1 amide bonds. The summed E-state index contributed by atoms with van der Waals surface area (Å²) in [7, 11) is 0.